The standard InChI is InChI=1S/C17H17N5O3/c1-12-11-13(19-15-4-5-18-22(12)15)16(23)20-6-8-21(9-7-20)17(24)14-3-2-10-25-14/h2-5,10-11H,6-9H2,1H3. The predicted molar refractivity (Wildman–Crippen MR) is 88.2 cm³/mol. The minimum atomic E-state index is -0.147. The molecule has 3 aromatic heterocycles. The average Bonchev–Trinajstić information content (AvgIpc) is 3.32. The van der Waals surface area contributed by atoms with Crippen molar-refractivity contribution in [1.82, 2.24) is 24.4 Å². The van der Waals surface area contributed by atoms with Crippen molar-refractivity contribution in [2.24, 2.45) is 0 Å². The number of piperazine rings is 1. The van der Waals surface area contributed by atoms with Crippen LogP contribution in [0.25, 0.3) is 5.65 Å². The molecule has 1 aliphatic heterocycles. The molecular formula is C17H17N5O3. The molecule has 1 fully saturated rings. The van der Waals surface area contributed by atoms with Crippen LogP contribution < -0.4 is 0 Å². The van der Waals surface area contributed by atoms with Crippen LogP contribution in [-0.4, -0.2) is 62.4 Å². The van der Waals surface area contributed by atoms with Crippen molar-refractivity contribution in [2.45, 2.75) is 6.92 Å². The van der Waals surface area contributed by atoms with E-state index in [0.717, 1.165) is 5.69 Å². The Bertz CT molecular complexity index is 923. The van der Waals surface area contributed by atoms with Gasteiger partial charge in [-0.25, -0.2) is 9.50 Å². The summed E-state index contributed by atoms with van der Waals surface area (Å²) in [6.07, 6.45) is 3.14. The fourth-order valence-electron chi connectivity index (χ4n) is 3.01. The van der Waals surface area contributed by atoms with Crippen molar-refractivity contribution in [3.05, 3.63) is 53.9 Å². The monoisotopic (exact) mass is 339 g/mol. The van der Waals surface area contributed by atoms with Gasteiger partial charge in [0, 0.05) is 37.9 Å². The zero-order valence-electron chi connectivity index (χ0n) is 13.8. The number of amides is 2. The Balaban J connectivity index is 1.46. The van der Waals surface area contributed by atoms with Gasteiger partial charge in [-0.2, -0.15) is 5.10 Å². The number of aromatic nitrogens is 3. The van der Waals surface area contributed by atoms with E-state index >= 15 is 0 Å². The maximum Gasteiger partial charge on any atom is 0.289 e. The second-order valence-electron chi connectivity index (χ2n) is 5.95. The van der Waals surface area contributed by atoms with Gasteiger partial charge >= 0.3 is 0 Å². The quantitative estimate of drug-likeness (QED) is 0.701. The Kier molecular flexibility index (Phi) is 3.72. The van der Waals surface area contributed by atoms with Crippen LogP contribution >= 0.6 is 0 Å². The van der Waals surface area contributed by atoms with Gasteiger partial charge in [0.25, 0.3) is 11.8 Å². The molecule has 8 heteroatoms. The van der Waals surface area contributed by atoms with Crippen LogP contribution in [0.1, 0.15) is 26.7 Å². The third-order valence-electron chi connectivity index (χ3n) is 4.34. The Labute approximate surface area is 143 Å². The summed E-state index contributed by atoms with van der Waals surface area (Å²) in [5, 5.41) is 4.16. The van der Waals surface area contributed by atoms with Crippen molar-refractivity contribution < 1.29 is 14.0 Å². The first-order valence-corrected chi connectivity index (χ1v) is 8.07. The second kappa shape index (κ2) is 6.04. The van der Waals surface area contributed by atoms with Gasteiger partial charge in [0.1, 0.15) is 5.69 Å². The van der Waals surface area contributed by atoms with Gasteiger partial charge in [-0.05, 0) is 25.1 Å². The highest BCUT2D eigenvalue weighted by Gasteiger charge is 2.27. The smallest absolute Gasteiger partial charge is 0.289 e. The number of carbonyl (C=O) groups is 2. The molecule has 0 spiro atoms. The van der Waals surface area contributed by atoms with Crippen molar-refractivity contribution in [3.8, 4) is 0 Å². The second-order valence-corrected chi connectivity index (χ2v) is 5.95. The SMILES string of the molecule is Cc1cc(C(=O)N2CCN(C(=O)c3ccco3)CC2)nc2ccnn12. The van der Waals surface area contributed by atoms with Crippen LogP contribution in [-0.2, 0) is 0 Å². The van der Waals surface area contributed by atoms with Gasteiger partial charge in [0.2, 0.25) is 0 Å². The van der Waals surface area contributed by atoms with Crippen molar-refractivity contribution >= 4 is 17.5 Å². The van der Waals surface area contributed by atoms with E-state index in [9.17, 15) is 9.59 Å². The number of aryl methyl sites for hydroxylation is 1. The minimum Gasteiger partial charge on any atom is -0.459 e. The molecule has 2 amide bonds. The Hall–Kier alpha value is -3.16. The normalized spacial score (nSPS) is 14.9. The van der Waals surface area contributed by atoms with Crippen LogP contribution in [0.4, 0.5) is 0 Å². The molecular weight excluding hydrogens is 322 g/mol. The minimum absolute atomic E-state index is 0.128. The van der Waals surface area contributed by atoms with Gasteiger partial charge in [-0.15, -0.1) is 0 Å². The fraction of sp³-hybridized carbons (Fsp3) is 0.294. The molecule has 4 heterocycles. The first kappa shape index (κ1) is 15.4. The van der Waals surface area contributed by atoms with Gasteiger partial charge in [-0.3, -0.25) is 9.59 Å². The number of furan rings is 1. The first-order valence-electron chi connectivity index (χ1n) is 8.07. The highest BCUT2D eigenvalue weighted by Crippen LogP contribution is 2.13. The molecule has 1 aliphatic rings. The molecule has 4 rings (SSSR count). The number of fused-ring (bicyclic) bond motifs is 1. The largest absolute Gasteiger partial charge is 0.459 e. The predicted octanol–water partition coefficient (Wildman–Crippen LogP) is 1.23. The molecule has 0 N–H and O–H groups in total. The summed E-state index contributed by atoms with van der Waals surface area (Å²) >= 11 is 0. The van der Waals surface area contributed by atoms with Gasteiger partial charge in [0.15, 0.2) is 11.4 Å². The van der Waals surface area contributed by atoms with Crippen LogP contribution in [0.2, 0.25) is 0 Å². The molecule has 1 saturated heterocycles. The van der Waals surface area contributed by atoms with Gasteiger partial charge in [0.05, 0.1) is 12.5 Å². The summed E-state index contributed by atoms with van der Waals surface area (Å²) in [7, 11) is 0. The van der Waals surface area contributed by atoms with Crippen LogP contribution in [0, 0.1) is 6.92 Å². The van der Waals surface area contributed by atoms with Crippen LogP contribution in [0.3, 0.4) is 0 Å². The average molecular weight is 339 g/mol. The lowest BCUT2D eigenvalue weighted by molar-refractivity contribution is 0.0515. The Morgan fingerprint density at radius 2 is 1.80 bits per heavy atom. The number of hydrogen-bond donors (Lipinski definition) is 0. The summed E-state index contributed by atoms with van der Waals surface area (Å²) in [6, 6.07) is 6.84. The molecule has 0 aliphatic carbocycles. The lowest BCUT2D eigenvalue weighted by atomic mass is 10.2. The van der Waals surface area contributed by atoms with Crippen molar-refractivity contribution in [2.75, 3.05) is 26.2 Å². The third-order valence-corrected chi connectivity index (χ3v) is 4.34. The van der Waals surface area contributed by atoms with E-state index in [0.29, 0.717) is 43.3 Å². The molecule has 8 nitrogen and oxygen atoms in total. The highest BCUT2D eigenvalue weighted by atomic mass is 16.3. The van der Waals surface area contributed by atoms with Crippen LogP contribution in [0.15, 0.2) is 41.1 Å². The lowest BCUT2D eigenvalue weighted by Gasteiger charge is -2.34. The zero-order valence-corrected chi connectivity index (χ0v) is 13.8. The number of nitrogens with zero attached hydrogens (tertiary/aromatic N) is 5. The maximum absolute atomic E-state index is 12.7. The molecule has 0 bridgehead atoms. The number of hydrogen-bond acceptors (Lipinski definition) is 5. The van der Waals surface area contributed by atoms with E-state index in [1.54, 1.807) is 44.8 Å². The summed E-state index contributed by atoms with van der Waals surface area (Å²) in [5.74, 6) is 0.0481. The molecule has 0 aromatic carbocycles. The highest BCUT2D eigenvalue weighted by molar-refractivity contribution is 5.94. The molecule has 0 saturated carbocycles. The molecule has 128 valence electrons. The Morgan fingerprint density at radius 3 is 2.48 bits per heavy atom. The van der Waals surface area contributed by atoms with E-state index in [-0.39, 0.29) is 11.8 Å². The summed E-state index contributed by atoms with van der Waals surface area (Å²) in [4.78, 5) is 32.8. The molecule has 0 unspecified atom stereocenters. The summed E-state index contributed by atoms with van der Waals surface area (Å²) < 4.78 is 6.84. The van der Waals surface area contributed by atoms with Crippen LogP contribution in [0.5, 0.6) is 0 Å². The summed E-state index contributed by atoms with van der Waals surface area (Å²) in [5.41, 5.74) is 1.90. The number of carbonyl (C=O) groups excluding carboxylic acids is 2. The zero-order chi connectivity index (χ0) is 17.4. The maximum atomic E-state index is 12.7. The van der Waals surface area contributed by atoms with Gasteiger partial charge in [-0.1, -0.05) is 0 Å². The van der Waals surface area contributed by atoms with E-state index in [1.165, 1.54) is 6.26 Å². The molecule has 0 atom stereocenters. The summed E-state index contributed by atoms with van der Waals surface area (Å²) in [6.45, 7) is 3.77. The Morgan fingerprint density at radius 1 is 1.08 bits per heavy atom. The van der Waals surface area contributed by atoms with E-state index in [1.807, 2.05) is 6.92 Å². The molecule has 0 radical (unpaired) electrons. The van der Waals surface area contributed by atoms with Gasteiger partial charge < -0.3 is 14.2 Å². The third kappa shape index (κ3) is 2.75. The lowest BCUT2D eigenvalue weighted by Crippen LogP contribution is -2.50. The molecule has 3 aromatic rings. The topological polar surface area (TPSA) is 84.0 Å². The van der Waals surface area contributed by atoms with E-state index in [4.69, 9.17) is 4.42 Å². The fourth-order valence-corrected chi connectivity index (χ4v) is 3.01. The molecule has 25 heavy (non-hydrogen) atoms. The number of rotatable bonds is 2. The van der Waals surface area contributed by atoms with Crippen molar-refractivity contribution in [1.29, 1.82) is 0 Å². The first-order chi connectivity index (χ1) is 12.1. The van der Waals surface area contributed by atoms with E-state index < -0.39 is 0 Å². The van der Waals surface area contributed by atoms with Crippen molar-refractivity contribution in [3.63, 3.8) is 0 Å². The van der Waals surface area contributed by atoms with E-state index in [2.05, 4.69) is 10.1 Å².